The van der Waals surface area contributed by atoms with Crippen LogP contribution in [-0.4, -0.2) is 5.78 Å². The highest BCUT2D eigenvalue weighted by atomic mass is 16.1. The topological polar surface area (TPSA) is 41.1 Å². The van der Waals surface area contributed by atoms with Gasteiger partial charge in [-0.15, -0.1) is 0 Å². The highest BCUT2D eigenvalue weighted by Crippen LogP contribution is 2.42. The molecule has 0 unspecified atom stereocenters. The van der Waals surface area contributed by atoms with E-state index in [1.807, 2.05) is 12.1 Å². The summed E-state index contributed by atoms with van der Waals surface area (Å²) in [6.07, 6.45) is 2.83. The van der Waals surface area contributed by atoms with Gasteiger partial charge in [-0.25, -0.2) is 0 Å². The Hall–Kier alpha value is -2.55. The van der Waals surface area contributed by atoms with Crippen molar-refractivity contribution >= 4 is 17.2 Å². The number of anilines is 2. The van der Waals surface area contributed by atoms with Crippen molar-refractivity contribution in [2.45, 2.75) is 26.3 Å². The van der Waals surface area contributed by atoms with Gasteiger partial charge >= 0.3 is 0 Å². The minimum atomic E-state index is -0.170. The number of carbonyl (C=O) groups is 1. The number of carbonyl (C=O) groups excluding carboxylic acids is 1. The van der Waals surface area contributed by atoms with Crippen molar-refractivity contribution in [3.05, 3.63) is 71.4 Å². The normalized spacial score (nSPS) is 25.5. The molecule has 3 atom stereocenters. The van der Waals surface area contributed by atoms with Gasteiger partial charge in [0.2, 0.25) is 0 Å². The van der Waals surface area contributed by atoms with Gasteiger partial charge in [0, 0.05) is 12.1 Å². The number of hydrogen-bond acceptors (Lipinski definition) is 3. The Morgan fingerprint density at radius 1 is 1.00 bits per heavy atom. The smallest absolute Gasteiger partial charge is 0.144 e. The molecule has 0 radical (unpaired) electrons. The van der Waals surface area contributed by atoms with Crippen LogP contribution in [0.15, 0.2) is 60.3 Å². The van der Waals surface area contributed by atoms with E-state index >= 15 is 0 Å². The van der Waals surface area contributed by atoms with Crippen LogP contribution < -0.4 is 10.6 Å². The number of aryl methyl sites for hydroxylation is 1. The SMILES string of the molecule is Cc1ccc([C@H]2Nc3ccccc3NC3=C[C@H](C)CC(=O)[C@@H]32)cc1. The number of ketones is 1. The number of allylic oxidation sites excluding steroid dienone is 1. The summed E-state index contributed by atoms with van der Waals surface area (Å²) < 4.78 is 0. The molecule has 2 N–H and O–H groups in total. The van der Waals surface area contributed by atoms with Gasteiger partial charge in [0.15, 0.2) is 0 Å². The van der Waals surface area contributed by atoms with E-state index in [1.54, 1.807) is 0 Å². The Morgan fingerprint density at radius 2 is 1.71 bits per heavy atom. The molecule has 1 aliphatic carbocycles. The summed E-state index contributed by atoms with van der Waals surface area (Å²) in [4.78, 5) is 12.9. The minimum absolute atomic E-state index is 0.0481. The highest BCUT2D eigenvalue weighted by Gasteiger charge is 2.38. The molecular weight excluding hydrogens is 296 g/mol. The van der Waals surface area contributed by atoms with Crippen LogP contribution in [0.5, 0.6) is 0 Å². The molecule has 2 aliphatic rings. The Morgan fingerprint density at radius 3 is 2.46 bits per heavy atom. The van der Waals surface area contributed by atoms with Gasteiger partial charge in [0.05, 0.1) is 23.3 Å². The number of fused-ring (bicyclic) bond motifs is 2. The summed E-state index contributed by atoms with van der Waals surface area (Å²) in [6, 6.07) is 16.6. The van der Waals surface area contributed by atoms with Crippen molar-refractivity contribution in [2.24, 2.45) is 11.8 Å². The first-order valence-corrected chi connectivity index (χ1v) is 8.55. The summed E-state index contributed by atoms with van der Waals surface area (Å²) >= 11 is 0. The number of para-hydroxylation sites is 2. The van der Waals surface area contributed by atoms with Gasteiger partial charge < -0.3 is 10.6 Å². The van der Waals surface area contributed by atoms with Gasteiger partial charge in [-0.05, 0) is 30.5 Å². The third-order valence-electron chi connectivity index (χ3n) is 4.96. The summed E-state index contributed by atoms with van der Waals surface area (Å²) in [6.45, 7) is 4.19. The van der Waals surface area contributed by atoms with Gasteiger partial charge in [-0.1, -0.05) is 55.0 Å². The van der Waals surface area contributed by atoms with E-state index in [0.717, 1.165) is 22.6 Å². The van der Waals surface area contributed by atoms with E-state index in [0.29, 0.717) is 12.2 Å². The Labute approximate surface area is 142 Å². The molecule has 0 saturated carbocycles. The van der Waals surface area contributed by atoms with Crippen molar-refractivity contribution in [1.82, 2.24) is 0 Å². The number of rotatable bonds is 1. The second kappa shape index (κ2) is 5.82. The number of Topliss-reactive ketones (excluding diaryl/α,β-unsaturated/α-hetero) is 1. The Balaban J connectivity index is 1.85. The molecule has 1 aliphatic heterocycles. The molecule has 0 amide bonds. The molecule has 2 aromatic carbocycles. The van der Waals surface area contributed by atoms with Crippen LogP contribution in [0.3, 0.4) is 0 Å². The van der Waals surface area contributed by atoms with Gasteiger partial charge in [0.1, 0.15) is 5.78 Å². The average molecular weight is 318 g/mol. The van der Waals surface area contributed by atoms with Crippen molar-refractivity contribution in [2.75, 3.05) is 10.6 Å². The van der Waals surface area contributed by atoms with Crippen LogP contribution in [0.1, 0.15) is 30.5 Å². The van der Waals surface area contributed by atoms with Crippen molar-refractivity contribution in [3.63, 3.8) is 0 Å². The molecule has 0 aromatic heterocycles. The second-order valence-corrected chi connectivity index (χ2v) is 6.95. The monoisotopic (exact) mass is 318 g/mol. The summed E-state index contributed by atoms with van der Waals surface area (Å²) in [5.74, 6) is 0.412. The fourth-order valence-electron chi connectivity index (χ4n) is 3.75. The fourth-order valence-corrected chi connectivity index (χ4v) is 3.75. The number of hydrogen-bond donors (Lipinski definition) is 2. The molecule has 0 saturated heterocycles. The molecule has 3 nitrogen and oxygen atoms in total. The summed E-state index contributed by atoms with van der Waals surface area (Å²) in [5, 5.41) is 7.13. The molecule has 4 rings (SSSR count). The van der Waals surface area contributed by atoms with Crippen LogP contribution in [0.25, 0.3) is 0 Å². The Kier molecular flexibility index (Phi) is 3.64. The standard InChI is InChI=1S/C21H22N2O/c1-13-7-9-15(10-8-13)21-20-18(11-14(2)12-19(20)24)22-16-5-3-4-6-17(16)23-21/h3-11,14,20-23H,12H2,1-2H3/t14-,20+,21+/m0/s1. The van der Waals surface area contributed by atoms with E-state index in [9.17, 15) is 4.79 Å². The van der Waals surface area contributed by atoms with E-state index in [-0.39, 0.29) is 17.9 Å². The van der Waals surface area contributed by atoms with Crippen molar-refractivity contribution in [1.29, 1.82) is 0 Å². The first-order valence-electron chi connectivity index (χ1n) is 8.55. The molecule has 24 heavy (non-hydrogen) atoms. The second-order valence-electron chi connectivity index (χ2n) is 6.95. The van der Waals surface area contributed by atoms with Crippen LogP contribution >= 0.6 is 0 Å². The zero-order valence-corrected chi connectivity index (χ0v) is 14.0. The average Bonchev–Trinajstić information content (AvgIpc) is 2.72. The molecule has 1 heterocycles. The lowest BCUT2D eigenvalue weighted by Gasteiger charge is -2.31. The van der Waals surface area contributed by atoms with Crippen LogP contribution in [0, 0.1) is 18.8 Å². The third kappa shape index (κ3) is 2.60. The lowest BCUT2D eigenvalue weighted by molar-refractivity contribution is -0.123. The largest absolute Gasteiger partial charge is 0.375 e. The van der Waals surface area contributed by atoms with Gasteiger partial charge in [-0.3, -0.25) is 4.79 Å². The first kappa shape index (κ1) is 15.0. The summed E-state index contributed by atoms with van der Waals surface area (Å²) in [5.41, 5.74) is 5.48. The minimum Gasteiger partial charge on any atom is -0.375 e. The van der Waals surface area contributed by atoms with Crippen LogP contribution in [0.4, 0.5) is 11.4 Å². The van der Waals surface area contributed by atoms with Crippen LogP contribution in [-0.2, 0) is 4.79 Å². The molecule has 122 valence electrons. The quantitative estimate of drug-likeness (QED) is 0.802. The molecule has 3 heteroatoms. The lowest BCUT2D eigenvalue weighted by atomic mass is 9.79. The predicted molar refractivity (Wildman–Crippen MR) is 98.0 cm³/mol. The molecule has 0 fully saturated rings. The third-order valence-corrected chi connectivity index (χ3v) is 4.96. The molecular formula is C21H22N2O. The Bertz CT molecular complexity index is 807. The zero-order valence-electron chi connectivity index (χ0n) is 14.0. The highest BCUT2D eigenvalue weighted by molar-refractivity contribution is 5.89. The van der Waals surface area contributed by atoms with Gasteiger partial charge in [-0.2, -0.15) is 0 Å². The van der Waals surface area contributed by atoms with E-state index in [1.165, 1.54) is 5.56 Å². The van der Waals surface area contributed by atoms with E-state index in [4.69, 9.17) is 0 Å². The molecule has 0 bridgehead atoms. The number of benzene rings is 2. The van der Waals surface area contributed by atoms with Crippen molar-refractivity contribution in [3.8, 4) is 0 Å². The predicted octanol–water partition coefficient (Wildman–Crippen LogP) is 4.68. The van der Waals surface area contributed by atoms with Gasteiger partial charge in [0.25, 0.3) is 0 Å². The summed E-state index contributed by atoms with van der Waals surface area (Å²) in [7, 11) is 0. The maximum Gasteiger partial charge on any atom is 0.144 e. The fraction of sp³-hybridized carbons (Fsp3) is 0.286. The lowest BCUT2D eigenvalue weighted by Crippen LogP contribution is -2.33. The molecule has 0 spiro atoms. The first-order chi connectivity index (χ1) is 11.6. The zero-order chi connectivity index (χ0) is 16.7. The molecule has 2 aromatic rings. The number of nitrogens with one attached hydrogen (secondary N) is 2. The van der Waals surface area contributed by atoms with Crippen molar-refractivity contribution < 1.29 is 4.79 Å². The van der Waals surface area contributed by atoms with E-state index in [2.05, 4.69) is 67.0 Å². The maximum atomic E-state index is 12.9. The maximum absolute atomic E-state index is 12.9. The van der Waals surface area contributed by atoms with Crippen LogP contribution in [0.2, 0.25) is 0 Å². The van der Waals surface area contributed by atoms with E-state index < -0.39 is 0 Å².